The zero-order valence-electron chi connectivity index (χ0n) is 6.37. The number of amides is 1. The number of nitrogens with two attached hydrogens (primary N) is 1. The van der Waals surface area contributed by atoms with Gasteiger partial charge in [0, 0.05) is 0 Å². The fourth-order valence-corrected chi connectivity index (χ4v) is 0.761. The molecule has 0 saturated heterocycles. The van der Waals surface area contributed by atoms with Gasteiger partial charge in [-0.05, 0) is 12.1 Å². The van der Waals surface area contributed by atoms with E-state index < -0.39 is 11.9 Å². The number of primary amides is 1. The first-order valence-corrected chi connectivity index (χ1v) is 3.15. The van der Waals surface area contributed by atoms with E-state index >= 15 is 0 Å². The molecule has 0 aliphatic carbocycles. The van der Waals surface area contributed by atoms with Gasteiger partial charge in [-0.2, -0.15) is 9.37 Å². The van der Waals surface area contributed by atoms with Crippen LogP contribution >= 0.6 is 0 Å². The fourth-order valence-electron chi connectivity index (χ4n) is 0.761. The van der Waals surface area contributed by atoms with Crippen LogP contribution in [-0.4, -0.2) is 18.0 Å². The Bertz CT molecular complexity index is 314. The average molecular weight is 170 g/mol. The fraction of sp³-hybridized carbons (Fsp3) is 0.143. The van der Waals surface area contributed by atoms with Crippen molar-refractivity contribution in [2.24, 2.45) is 5.73 Å². The number of halogens is 1. The van der Waals surface area contributed by atoms with Crippen molar-refractivity contribution in [3.63, 3.8) is 0 Å². The first-order chi connectivity index (χ1) is 5.65. The number of carbonyl (C=O) groups excluding carboxylic acids is 1. The summed E-state index contributed by atoms with van der Waals surface area (Å²) in [5.41, 5.74) is 5.03. The van der Waals surface area contributed by atoms with Gasteiger partial charge in [-0.15, -0.1) is 0 Å². The predicted octanol–water partition coefficient (Wildman–Crippen LogP) is 0.328. The molecule has 1 rings (SSSR count). The summed E-state index contributed by atoms with van der Waals surface area (Å²) in [6, 6.07) is 2.27. The number of nitrogens with zero attached hydrogens (tertiary/aromatic N) is 1. The van der Waals surface area contributed by atoms with Gasteiger partial charge >= 0.3 is 0 Å². The van der Waals surface area contributed by atoms with E-state index in [1.54, 1.807) is 0 Å². The summed E-state index contributed by atoms with van der Waals surface area (Å²) in [5, 5.41) is 0. The molecule has 0 spiro atoms. The number of hydrogen-bond donors (Lipinski definition) is 1. The molecule has 64 valence electrons. The van der Waals surface area contributed by atoms with Crippen LogP contribution in [-0.2, 0) is 0 Å². The van der Waals surface area contributed by atoms with Crippen molar-refractivity contribution < 1.29 is 13.9 Å². The van der Waals surface area contributed by atoms with Gasteiger partial charge in [0.1, 0.15) is 5.56 Å². The van der Waals surface area contributed by atoms with Gasteiger partial charge in [0.25, 0.3) is 5.91 Å². The molecule has 1 heterocycles. The number of hydrogen-bond acceptors (Lipinski definition) is 3. The second-order valence-corrected chi connectivity index (χ2v) is 2.06. The largest absolute Gasteiger partial charge is 0.480 e. The van der Waals surface area contributed by atoms with Gasteiger partial charge in [-0.3, -0.25) is 4.79 Å². The summed E-state index contributed by atoms with van der Waals surface area (Å²) in [5.74, 6) is -1.50. The minimum absolute atomic E-state index is 0.0684. The van der Waals surface area contributed by atoms with Gasteiger partial charge in [0.2, 0.25) is 11.8 Å². The molecule has 1 aromatic heterocycles. The average Bonchev–Trinajstić information content (AvgIpc) is 2.03. The Morgan fingerprint density at radius 3 is 2.83 bits per heavy atom. The molecule has 0 aromatic carbocycles. The molecule has 0 unspecified atom stereocenters. The highest BCUT2D eigenvalue weighted by atomic mass is 19.1. The maximum Gasteiger partial charge on any atom is 0.254 e. The molecule has 0 saturated carbocycles. The van der Waals surface area contributed by atoms with E-state index in [2.05, 4.69) is 9.72 Å². The van der Waals surface area contributed by atoms with Crippen LogP contribution in [0.1, 0.15) is 10.4 Å². The Labute approximate surface area is 68.2 Å². The Morgan fingerprint density at radius 1 is 1.67 bits per heavy atom. The van der Waals surface area contributed by atoms with Crippen LogP contribution in [0.3, 0.4) is 0 Å². The molecule has 0 radical (unpaired) electrons. The van der Waals surface area contributed by atoms with Crippen LogP contribution < -0.4 is 10.5 Å². The van der Waals surface area contributed by atoms with Crippen molar-refractivity contribution in [2.45, 2.75) is 0 Å². The van der Waals surface area contributed by atoms with Crippen molar-refractivity contribution in [1.29, 1.82) is 0 Å². The molecular formula is C7H7FN2O2. The van der Waals surface area contributed by atoms with Crippen LogP contribution in [0.25, 0.3) is 0 Å². The molecule has 1 amide bonds. The zero-order chi connectivity index (χ0) is 9.14. The van der Waals surface area contributed by atoms with E-state index in [9.17, 15) is 9.18 Å². The second-order valence-electron chi connectivity index (χ2n) is 2.06. The van der Waals surface area contributed by atoms with E-state index in [4.69, 9.17) is 5.73 Å². The Kier molecular flexibility index (Phi) is 2.23. The Morgan fingerprint density at radius 2 is 2.33 bits per heavy atom. The lowest BCUT2D eigenvalue weighted by atomic mass is 10.2. The number of methoxy groups -OCH3 is 1. The summed E-state index contributed by atoms with van der Waals surface area (Å²) in [6.07, 6.45) is 0. The van der Waals surface area contributed by atoms with E-state index in [0.717, 1.165) is 6.07 Å². The molecule has 0 aliphatic rings. The molecule has 0 bridgehead atoms. The molecule has 1 aromatic rings. The Hall–Kier alpha value is -1.65. The van der Waals surface area contributed by atoms with Crippen molar-refractivity contribution in [1.82, 2.24) is 4.98 Å². The van der Waals surface area contributed by atoms with Crippen molar-refractivity contribution in [2.75, 3.05) is 7.11 Å². The standard InChI is InChI=1S/C7H7FN2O2/c1-12-7-4(6(9)11)2-3-5(8)10-7/h2-3H,1H3,(H2,9,11). The third-order valence-corrected chi connectivity index (χ3v) is 1.29. The van der Waals surface area contributed by atoms with Crippen molar-refractivity contribution in [3.05, 3.63) is 23.6 Å². The van der Waals surface area contributed by atoms with E-state index in [-0.39, 0.29) is 11.4 Å². The number of pyridine rings is 1. The van der Waals surface area contributed by atoms with Crippen LogP contribution in [0.15, 0.2) is 12.1 Å². The summed E-state index contributed by atoms with van der Waals surface area (Å²) in [4.78, 5) is 14.0. The van der Waals surface area contributed by atoms with Gasteiger partial charge < -0.3 is 10.5 Å². The van der Waals surface area contributed by atoms with Crippen LogP contribution in [0.2, 0.25) is 0 Å². The summed E-state index contributed by atoms with van der Waals surface area (Å²) >= 11 is 0. The third-order valence-electron chi connectivity index (χ3n) is 1.29. The first kappa shape index (κ1) is 8.45. The van der Waals surface area contributed by atoms with Crippen molar-refractivity contribution in [3.8, 4) is 5.88 Å². The molecule has 0 aliphatic heterocycles. The number of rotatable bonds is 2. The predicted molar refractivity (Wildman–Crippen MR) is 39.3 cm³/mol. The molecule has 0 fully saturated rings. The van der Waals surface area contributed by atoms with E-state index in [1.807, 2.05) is 0 Å². The summed E-state index contributed by atoms with van der Waals surface area (Å²) in [6.45, 7) is 0. The molecule has 2 N–H and O–H groups in total. The molecule has 12 heavy (non-hydrogen) atoms. The first-order valence-electron chi connectivity index (χ1n) is 3.15. The van der Waals surface area contributed by atoms with Crippen LogP contribution in [0, 0.1) is 5.95 Å². The summed E-state index contributed by atoms with van der Waals surface area (Å²) < 4.78 is 17.1. The van der Waals surface area contributed by atoms with Gasteiger partial charge in [-0.25, -0.2) is 0 Å². The monoisotopic (exact) mass is 170 g/mol. The van der Waals surface area contributed by atoms with Gasteiger partial charge in [0.15, 0.2) is 0 Å². The minimum atomic E-state index is -0.711. The van der Waals surface area contributed by atoms with Crippen LogP contribution in [0.4, 0.5) is 4.39 Å². The highest BCUT2D eigenvalue weighted by molar-refractivity contribution is 5.94. The maximum atomic E-state index is 12.5. The van der Waals surface area contributed by atoms with E-state index in [1.165, 1.54) is 13.2 Å². The molecular weight excluding hydrogens is 163 g/mol. The number of ether oxygens (including phenoxy) is 1. The Balaban J connectivity index is 3.20. The zero-order valence-corrected chi connectivity index (χ0v) is 6.37. The summed E-state index contributed by atoms with van der Waals surface area (Å²) in [7, 11) is 1.29. The third kappa shape index (κ3) is 1.50. The number of carbonyl (C=O) groups is 1. The van der Waals surface area contributed by atoms with Crippen molar-refractivity contribution >= 4 is 5.91 Å². The lowest BCUT2D eigenvalue weighted by Gasteiger charge is -2.02. The number of aromatic nitrogens is 1. The minimum Gasteiger partial charge on any atom is -0.480 e. The normalized spacial score (nSPS) is 9.50. The highest BCUT2D eigenvalue weighted by Crippen LogP contribution is 2.13. The second kappa shape index (κ2) is 3.17. The highest BCUT2D eigenvalue weighted by Gasteiger charge is 2.10. The maximum absolute atomic E-state index is 12.5. The lowest BCUT2D eigenvalue weighted by molar-refractivity contribution is 0.0996. The molecule has 0 atom stereocenters. The van der Waals surface area contributed by atoms with Gasteiger partial charge in [-0.1, -0.05) is 0 Å². The molecule has 4 nitrogen and oxygen atoms in total. The van der Waals surface area contributed by atoms with Gasteiger partial charge in [0.05, 0.1) is 7.11 Å². The molecule has 5 heteroatoms. The van der Waals surface area contributed by atoms with E-state index in [0.29, 0.717) is 0 Å². The lowest BCUT2D eigenvalue weighted by Crippen LogP contribution is -2.13. The van der Waals surface area contributed by atoms with Crippen LogP contribution in [0.5, 0.6) is 5.88 Å². The quantitative estimate of drug-likeness (QED) is 0.650. The SMILES string of the molecule is COc1nc(F)ccc1C(N)=O. The smallest absolute Gasteiger partial charge is 0.254 e. The topological polar surface area (TPSA) is 65.2 Å².